The van der Waals surface area contributed by atoms with E-state index in [-0.39, 0.29) is 5.91 Å². The number of carbonyl (C=O) groups excluding carboxylic acids is 1. The van der Waals surface area contributed by atoms with Crippen molar-refractivity contribution in [1.29, 1.82) is 0 Å². The summed E-state index contributed by atoms with van der Waals surface area (Å²) in [6, 6.07) is 0. The van der Waals surface area contributed by atoms with Crippen LogP contribution in [-0.4, -0.2) is 35.9 Å². The molecule has 1 heterocycles. The molecule has 0 spiro atoms. The Morgan fingerprint density at radius 2 is 2.44 bits per heavy atom. The molecule has 0 aliphatic heterocycles. The second-order valence-corrected chi connectivity index (χ2v) is 4.14. The summed E-state index contributed by atoms with van der Waals surface area (Å²) >= 11 is 3.31. The first-order valence-electron chi connectivity index (χ1n) is 5.19. The van der Waals surface area contributed by atoms with Crippen LogP contribution in [-0.2, 0) is 11.3 Å². The first kappa shape index (κ1) is 13.2. The maximum Gasteiger partial charge on any atom is 0.272 e. The molecule has 0 fully saturated rings. The fourth-order valence-electron chi connectivity index (χ4n) is 1.22. The highest BCUT2D eigenvalue weighted by Gasteiger charge is 2.13. The summed E-state index contributed by atoms with van der Waals surface area (Å²) in [5.74, 6) is -0.157. The molecule has 0 radical (unpaired) electrons. The van der Waals surface area contributed by atoms with Crippen molar-refractivity contribution >= 4 is 21.8 Å². The minimum Gasteiger partial charge on any atom is -0.385 e. The van der Waals surface area contributed by atoms with Crippen molar-refractivity contribution in [3.63, 3.8) is 0 Å². The second kappa shape index (κ2) is 6.65. The van der Waals surface area contributed by atoms with E-state index < -0.39 is 0 Å². The van der Waals surface area contributed by atoms with Gasteiger partial charge in [-0.05, 0) is 29.3 Å². The van der Waals surface area contributed by atoms with Gasteiger partial charge in [0.05, 0.1) is 4.47 Å². The van der Waals surface area contributed by atoms with Crippen molar-refractivity contribution in [3.05, 3.63) is 16.4 Å². The van der Waals surface area contributed by atoms with Gasteiger partial charge in [0.15, 0.2) is 5.69 Å². The Balaban J connectivity index is 2.49. The molecule has 5 nitrogen and oxygen atoms in total. The molecular weight excluding hydrogens is 274 g/mol. The molecule has 0 aromatic carbocycles. The van der Waals surface area contributed by atoms with Gasteiger partial charge in [-0.1, -0.05) is 0 Å². The van der Waals surface area contributed by atoms with Gasteiger partial charge in [0.25, 0.3) is 5.91 Å². The van der Waals surface area contributed by atoms with Gasteiger partial charge in [-0.25, -0.2) is 0 Å². The predicted molar refractivity (Wildman–Crippen MR) is 64.4 cm³/mol. The number of amides is 1. The molecule has 1 amide bonds. The molecule has 0 atom stereocenters. The van der Waals surface area contributed by atoms with E-state index in [0.29, 0.717) is 18.8 Å². The topological polar surface area (TPSA) is 56.2 Å². The van der Waals surface area contributed by atoms with Crippen LogP contribution in [0.15, 0.2) is 10.7 Å². The van der Waals surface area contributed by atoms with Crippen LogP contribution in [0.1, 0.15) is 23.8 Å². The summed E-state index contributed by atoms with van der Waals surface area (Å²) in [5, 5.41) is 6.94. The zero-order valence-corrected chi connectivity index (χ0v) is 11.1. The van der Waals surface area contributed by atoms with E-state index in [1.165, 1.54) is 0 Å². The number of aromatic nitrogens is 2. The van der Waals surface area contributed by atoms with Gasteiger partial charge < -0.3 is 10.1 Å². The molecular formula is C10H16BrN3O2. The van der Waals surface area contributed by atoms with Crippen LogP contribution in [0.4, 0.5) is 0 Å². The van der Waals surface area contributed by atoms with Crippen LogP contribution in [0.3, 0.4) is 0 Å². The maximum atomic E-state index is 11.7. The van der Waals surface area contributed by atoms with Crippen molar-refractivity contribution in [1.82, 2.24) is 15.1 Å². The third kappa shape index (κ3) is 3.61. The van der Waals surface area contributed by atoms with E-state index in [0.717, 1.165) is 17.4 Å². The van der Waals surface area contributed by atoms with E-state index in [2.05, 4.69) is 26.3 Å². The molecule has 0 bridgehead atoms. The maximum absolute atomic E-state index is 11.7. The molecule has 90 valence electrons. The number of ether oxygens (including phenoxy) is 1. The lowest BCUT2D eigenvalue weighted by Gasteiger charge is -2.02. The Hall–Kier alpha value is -0.880. The summed E-state index contributed by atoms with van der Waals surface area (Å²) in [6.45, 7) is 3.96. The number of methoxy groups -OCH3 is 1. The summed E-state index contributed by atoms with van der Waals surface area (Å²) in [5.41, 5.74) is 0.430. The molecule has 1 aromatic rings. The highest BCUT2D eigenvalue weighted by Crippen LogP contribution is 2.14. The number of nitrogens with zero attached hydrogens (tertiary/aromatic N) is 2. The Bertz CT molecular complexity index is 352. The third-order valence-electron chi connectivity index (χ3n) is 2.07. The number of carbonyl (C=O) groups is 1. The molecule has 1 aromatic heterocycles. The molecule has 1 rings (SSSR count). The minimum absolute atomic E-state index is 0.157. The van der Waals surface area contributed by atoms with Gasteiger partial charge in [-0.3, -0.25) is 9.48 Å². The van der Waals surface area contributed by atoms with Gasteiger partial charge in [0.1, 0.15) is 0 Å². The lowest BCUT2D eigenvalue weighted by Crippen LogP contribution is -2.26. The van der Waals surface area contributed by atoms with Gasteiger partial charge in [-0.15, -0.1) is 0 Å². The Labute approximate surface area is 103 Å². The van der Waals surface area contributed by atoms with E-state index in [1.807, 2.05) is 6.92 Å². The van der Waals surface area contributed by atoms with Gasteiger partial charge >= 0.3 is 0 Å². The monoisotopic (exact) mass is 289 g/mol. The molecule has 0 aliphatic rings. The lowest BCUT2D eigenvalue weighted by atomic mass is 10.4. The summed E-state index contributed by atoms with van der Waals surface area (Å²) < 4.78 is 7.33. The van der Waals surface area contributed by atoms with E-state index in [4.69, 9.17) is 4.74 Å². The number of rotatable bonds is 6. The number of aryl methyl sites for hydroxylation is 1. The average molecular weight is 290 g/mol. The number of hydrogen-bond donors (Lipinski definition) is 1. The van der Waals surface area contributed by atoms with Crippen molar-refractivity contribution in [2.75, 3.05) is 20.3 Å². The number of nitrogens with one attached hydrogen (secondary N) is 1. The van der Waals surface area contributed by atoms with Crippen LogP contribution in [0.5, 0.6) is 0 Å². The first-order chi connectivity index (χ1) is 7.69. The molecule has 0 saturated heterocycles. The Kier molecular flexibility index (Phi) is 5.48. The quantitative estimate of drug-likeness (QED) is 0.806. The summed E-state index contributed by atoms with van der Waals surface area (Å²) in [7, 11) is 1.64. The van der Waals surface area contributed by atoms with E-state index in [1.54, 1.807) is 18.0 Å². The van der Waals surface area contributed by atoms with Crippen LogP contribution < -0.4 is 5.32 Å². The van der Waals surface area contributed by atoms with Crippen molar-refractivity contribution in [3.8, 4) is 0 Å². The fourth-order valence-corrected chi connectivity index (χ4v) is 1.71. The first-order valence-corrected chi connectivity index (χ1v) is 5.98. The lowest BCUT2D eigenvalue weighted by molar-refractivity contribution is 0.0942. The SMILES string of the molecule is CCn1cc(Br)c(C(=O)NCCCOC)n1. The van der Waals surface area contributed by atoms with Gasteiger partial charge in [-0.2, -0.15) is 5.10 Å². The minimum atomic E-state index is -0.157. The molecule has 0 unspecified atom stereocenters. The average Bonchev–Trinajstić information content (AvgIpc) is 2.66. The van der Waals surface area contributed by atoms with E-state index in [9.17, 15) is 4.79 Å². The molecule has 0 aliphatic carbocycles. The van der Waals surface area contributed by atoms with Crippen LogP contribution in [0, 0.1) is 0 Å². The second-order valence-electron chi connectivity index (χ2n) is 3.28. The fraction of sp³-hybridized carbons (Fsp3) is 0.600. The Morgan fingerprint density at radius 1 is 1.69 bits per heavy atom. The zero-order valence-electron chi connectivity index (χ0n) is 9.49. The predicted octanol–water partition coefficient (Wildman–Crippen LogP) is 1.43. The molecule has 16 heavy (non-hydrogen) atoms. The van der Waals surface area contributed by atoms with Gasteiger partial charge in [0.2, 0.25) is 0 Å². The number of halogens is 1. The Morgan fingerprint density at radius 3 is 3.00 bits per heavy atom. The van der Waals surface area contributed by atoms with Gasteiger partial charge in [0, 0.05) is 33.0 Å². The van der Waals surface area contributed by atoms with Crippen LogP contribution in [0.2, 0.25) is 0 Å². The van der Waals surface area contributed by atoms with E-state index >= 15 is 0 Å². The molecule has 6 heteroatoms. The standard InChI is InChI=1S/C10H16BrN3O2/c1-3-14-7-8(11)9(13-14)10(15)12-5-4-6-16-2/h7H,3-6H2,1-2H3,(H,12,15). The zero-order chi connectivity index (χ0) is 12.0. The van der Waals surface area contributed by atoms with Crippen molar-refractivity contribution in [2.24, 2.45) is 0 Å². The van der Waals surface area contributed by atoms with Crippen molar-refractivity contribution < 1.29 is 9.53 Å². The highest BCUT2D eigenvalue weighted by molar-refractivity contribution is 9.10. The third-order valence-corrected chi connectivity index (χ3v) is 2.65. The smallest absolute Gasteiger partial charge is 0.272 e. The normalized spacial score (nSPS) is 10.4. The summed E-state index contributed by atoms with van der Waals surface area (Å²) in [4.78, 5) is 11.7. The number of hydrogen-bond acceptors (Lipinski definition) is 3. The molecule has 1 N–H and O–H groups in total. The van der Waals surface area contributed by atoms with Crippen LogP contribution >= 0.6 is 15.9 Å². The highest BCUT2D eigenvalue weighted by atomic mass is 79.9. The summed E-state index contributed by atoms with van der Waals surface area (Å²) in [6.07, 6.45) is 2.60. The molecule has 0 saturated carbocycles. The van der Waals surface area contributed by atoms with Crippen LogP contribution in [0.25, 0.3) is 0 Å². The van der Waals surface area contributed by atoms with Crippen molar-refractivity contribution in [2.45, 2.75) is 19.9 Å². The largest absolute Gasteiger partial charge is 0.385 e.